The summed E-state index contributed by atoms with van der Waals surface area (Å²) in [6, 6.07) is 13.7. The summed E-state index contributed by atoms with van der Waals surface area (Å²) in [5.74, 6) is 1.26. The van der Waals surface area contributed by atoms with Crippen molar-refractivity contribution in [1.82, 2.24) is 10.2 Å². The van der Waals surface area contributed by atoms with E-state index in [0.717, 1.165) is 28.8 Å². The van der Waals surface area contributed by atoms with Gasteiger partial charge in [-0.15, -0.1) is 0 Å². The number of methoxy groups -OCH3 is 1. The van der Waals surface area contributed by atoms with Gasteiger partial charge in [-0.25, -0.2) is 0 Å². The molecule has 0 bridgehead atoms. The van der Waals surface area contributed by atoms with Gasteiger partial charge >= 0.3 is 0 Å². The van der Waals surface area contributed by atoms with Crippen molar-refractivity contribution >= 4 is 22.5 Å². The van der Waals surface area contributed by atoms with Gasteiger partial charge in [0.15, 0.2) is 0 Å². The number of aromatic amines is 1. The van der Waals surface area contributed by atoms with Crippen LogP contribution in [-0.2, 0) is 4.79 Å². The van der Waals surface area contributed by atoms with Crippen LogP contribution in [0.1, 0.15) is 17.9 Å². The van der Waals surface area contributed by atoms with Crippen molar-refractivity contribution in [2.45, 2.75) is 12.3 Å². The number of ether oxygens (including phenoxy) is 1. The Labute approximate surface area is 133 Å². The maximum atomic E-state index is 12.4. The molecular weight excluding hydrogens is 290 g/mol. The minimum absolute atomic E-state index is 0.0425. The second-order valence-electron chi connectivity index (χ2n) is 5.88. The summed E-state index contributed by atoms with van der Waals surface area (Å²) in [5.41, 5.74) is 2.91. The van der Waals surface area contributed by atoms with E-state index in [0.29, 0.717) is 5.92 Å². The minimum Gasteiger partial charge on any atom is -0.497 e. The van der Waals surface area contributed by atoms with E-state index < -0.39 is 0 Å². The summed E-state index contributed by atoms with van der Waals surface area (Å²) in [6.07, 6.45) is 2.66. The molecule has 0 spiro atoms. The van der Waals surface area contributed by atoms with Gasteiger partial charge in [0.05, 0.1) is 18.8 Å². The third-order valence-electron chi connectivity index (χ3n) is 4.38. The highest BCUT2D eigenvalue weighted by Gasteiger charge is 2.43. The summed E-state index contributed by atoms with van der Waals surface area (Å²) in [7, 11) is 1.65. The van der Waals surface area contributed by atoms with E-state index in [1.54, 1.807) is 13.3 Å². The molecule has 2 N–H and O–H groups in total. The number of H-pyrrole nitrogens is 1. The van der Waals surface area contributed by atoms with Gasteiger partial charge in [-0.3, -0.25) is 9.89 Å². The molecule has 1 heterocycles. The zero-order chi connectivity index (χ0) is 15.8. The fraction of sp³-hybridized carbons (Fsp3) is 0.222. The average molecular weight is 307 g/mol. The molecule has 116 valence electrons. The summed E-state index contributed by atoms with van der Waals surface area (Å²) < 4.78 is 5.16. The second kappa shape index (κ2) is 5.43. The summed E-state index contributed by atoms with van der Waals surface area (Å²) >= 11 is 0. The zero-order valence-electron chi connectivity index (χ0n) is 12.7. The Hall–Kier alpha value is -2.82. The van der Waals surface area contributed by atoms with Gasteiger partial charge in [0.2, 0.25) is 5.91 Å². The van der Waals surface area contributed by atoms with Crippen LogP contribution in [0.4, 0.5) is 5.69 Å². The predicted octanol–water partition coefficient (Wildman–Crippen LogP) is 3.31. The lowest BCUT2D eigenvalue weighted by molar-refractivity contribution is -0.117. The molecule has 0 aliphatic heterocycles. The fourth-order valence-electron chi connectivity index (χ4n) is 2.95. The monoisotopic (exact) mass is 307 g/mol. The number of rotatable bonds is 4. The van der Waals surface area contributed by atoms with Crippen molar-refractivity contribution in [2.75, 3.05) is 12.4 Å². The fourth-order valence-corrected chi connectivity index (χ4v) is 2.95. The Balaban J connectivity index is 1.43. The van der Waals surface area contributed by atoms with Crippen LogP contribution in [0.15, 0.2) is 48.7 Å². The molecule has 23 heavy (non-hydrogen) atoms. The molecule has 1 aliphatic rings. The van der Waals surface area contributed by atoms with Gasteiger partial charge in [0.1, 0.15) is 5.75 Å². The normalized spacial score (nSPS) is 19.5. The molecule has 2 aromatic carbocycles. The van der Waals surface area contributed by atoms with Crippen LogP contribution in [-0.4, -0.2) is 23.2 Å². The van der Waals surface area contributed by atoms with Crippen LogP contribution in [0.5, 0.6) is 5.75 Å². The first-order valence-electron chi connectivity index (χ1n) is 7.62. The van der Waals surface area contributed by atoms with Gasteiger partial charge in [0.25, 0.3) is 0 Å². The van der Waals surface area contributed by atoms with Crippen LogP contribution in [0.2, 0.25) is 0 Å². The van der Waals surface area contributed by atoms with Crippen molar-refractivity contribution < 1.29 is 9.53 Å². The van der Waals surface area contributed by atoms with E-state index >= 15 is 0 Å². The van der Waals surface area contributed by atoms with Crippen LogP contribution < -0.4 is 10.1 Å². The van der Waals surface area contributed by atoms with Crippen molar-refractivity contribution in [2.24, 2.45) is 5.92 Å². The Morgan fingerprint density at radius 1 is 1.26 bits per heavy atom. The van der Waals surface area contributed by atoms with E-state index in [-0.39, 0.29) is 11.8 Å². The molecule has 3 aromatic rings. The van der Waals surface area contributed by atoms with E-state index in [1.807, 2.05) is 42.5 Å². The number of carbonyl (C=O) groups excluding carboxylic acids is 1. The van der Waals surface area contributed by atoms with Crippen molar-refractivity contribution in [3.05, 3.63) is 54.2 Å². The van der Waals surface area contributed by atoms with Crippen LogP contribution in [0.25, 0.3) is 10.9 Å². The summed E-state index contributed by atoms with van der Waals surface area (Å²) in [5, 5.41) is 10.9. The number of amides is 1. The van der Waals surface area contributed by atoms with E-state index in [2.05, 4.69) is 15.5 Å². The number of nitrogens with one attached hydrogen (secondary N) is 2. The molecule has 0 radical (unpaired) electrons. The summed E-state index contributed by atoms with van der Waals surface area (Å²) in [6.45, 7) is 0. The molecule has 1 saturated carbocycles. The maximum Gasteiger partial charge on any atom is 0.228 e. The molecule has 1 aliphatic carbocycles. The van der Waals surface area contributed by atoms with Gasteiger partial charge in [-0.2, -0.15) is 5.10 Å². The van der Waals surface area contributed by atoms with Crippen molar-refractivity contribution in [3.63, 3.8) is 0 Å². The SMILES string of the molecule is COc1ccc(C2CC2C(=O)Nc2ccc3cn[nH]c3c2)cc1. The molecule has 5 nitrogen and oxygen atoms in total. The quantitative estimate of drug-likeness (QED) is 0.777. The molecule has 1 fully saturated rings. The molecule has 4 rings (SSSR count). The lowest BCUT2D eigenvalue weighted by Crippen LogP contribution is -2.14. The van der Waals surface area contributed by atoms with Crippen LogP contribution >= 0.6 is 0 Å². The standard InChI is InChI=1S/C18H17N3O2/c1-23-14-6-3-11(4-7-14)15-9-16(15)18(22)20-13-5-2-12-10-19-21-17(12)8-13/h2-8,10,15-16H,9H2,1H3,(H,19,21)(H,20,22). The Morgan fingerprint density at radius 2 is 2.09 bits per heavy atom. The second-order valence-corrected chi connectivity index (χ2v) is 5.88. The first-order valence-corrected chi connectivity index (χ1v) is 7.62. The first kappa shape index (κ1) is 13.8. The zero-order valence-corrected chi connectivity index (χ0v) is 12.7. The number of nitrogens with zero attached hydrogens (tertiary/aromatic N) is 1. The third kappa shape index (κ3) is 2.65. The lowest BCUT2D eigenvalue weighted by atomic mass is 10.1. The maximum absolute atomic E-state index is 12.4. The highest BCUT2D eigenvalue weighted by atomic mass is 16.5. The topological polar surface area (TPSA) is 67.0 Å². The smallest absolute Gasteiger partial charge is 0.228 e. The molecule has 1 aromatic heterocycles. The van der Waals surface area contributed by atoms with E-state index in [9.17, 15) is 4.79 Å². The van der Waals surface area contributed by atoms with Crippen molar-refractivity contribution in [1.29, 1.82) is 0 Å². The number of hydrogen-bond donors (Lipinski definition) is 2. The Kier molecular flexibility index (Phi) is 3.26. The minimum atomic E-state index is 0.0425. The van der Waals surface area contributed by atoms with Crippen molar-refractivity contribution in [3.8, 4) is 5.75 Å². The Morgan fingerprint density at radius 3 is 2.87 bits per heavy atom. The number of aromatic nitrogens is 2. The van der Waals surface area contributed by atoms with Crippen LogP contribution in [0, 0.1) is 5.92 Å². The van der Waals surface area contributed by atoms with Crippen LogP contribution in [0.3, 0.4) is 0 Å². The van der Waals surface area contributed by atoms with E-state index in [1.165, 1.54) is 5.56 Å². The molecule has 1 amide bonds. The molecule has 2 unspecified atom stereocenters. The first-order chi connectivity index (χ1) is 11.2. The lowest BCUT2D eigenvalue weighted by Gasteiger charge is -2.06. The van der Waals surface area contributed by atoms with Gasteiger partial charge < -0.3 is 10.1 Å². The third-order valence-corrected chi connectivity index (χ3v) is 4.38. The average Bonchev–Trinajstić information content (AvgIpc) is 3.25. The number of fused-ring (bicyclic) bond motifs is 1. The summed E-state index contributed by atoms with van der Waals surface area (Å²) in [4.78, 5) is 12.4. The van der Waals surface area contributed by atoms with Gasteiger partial charge in [-0.05, 0) is 48.2 Å². The highest BCUT2D eigenvalue weighted by molar-refractivity contribution is 5.97. The number of anilines is 1. The number of hydrogen-bond acceptors (Lipinski definition) is 3. The van der Waals surface area contributed by atoms with E-state index in [4.69, 9.17) is 4.74 Å². The predicted molar refractivity (Wildman–Crippen MR) is 88.6 cm³/mol. The van der Waals surface area contributed by atoms with Gasteiger partial charge in [-0.1, -0.05) is 12.1 Å². The molecule has 5 heteroatoms. The number of carbonyl (C=O) groups is 1. The largest absolute Gasteiger partial charge is 0.497 e. The number of benzene rings is 2. The Bertz CT molecular complexity index is 854. The molecular formula is C18H17N3O2. The molecule has 0 saturated heterocycles. The highest BCUT2D eigenvalue weighted by Crippen LogP contribution is 2.48. The van der Waals surface area contributed by atoms with Gasteiger partial charge in [0, 0.05) is 17.0 Å². The molecule has 2 atom stereocenters.